The van der Waals surface area contributed by atoms with Crippen molar-refractivity contribution in [2.75, 3.05) is 42.4 Å². The number of ether oxygens (including phenoxy) is 2. The number of hydrogen-bond donors (Lipinski definition) is 0. The fourth-order valence-corrected chi connectivity index (χ4v) is 1.83. The molecule has 0 spiro atoms. The maximum atomic E-state index is 12.3. The summed E-state index contributed by atoms with van der Waals surface area (Å²) < 4.78 is 10.1. The lowest BCUT2D eigenvalue weighted by molar-refractivity contribution is -0.123. The molecule has 6 heteroatoms. The summed E-state index contributed by atoms with van der Waals surface area (Å²) >= 11 is 0. The number of carbonyl (C=O) groups excluding carboxylic acids is 2. The zero-order valence-corrected chi connectivity index (χ0v) is 11.5. The molecule has 0 saturated heterocycles. The Kier molecular flexibility index (Phi) is 4.00. The first-order valence-electron chi connectivity index (χ1n) is 5.37. The van der Waals surface area contributed by atoms with Crippen molar-refractivity contribution in [3.8, 4) is 0 Å². The maximum Gasteiger partial charge on any atom is 0.249 e. The van der Waals surface area contributed by atoms with Crippen LogP contribution in [0.1, 0.15) is 0 Å². The standard InChI is InChI=1S/C12H18N2O4/c1-13(2)7-9(15)12(18-6)8(14(3)4)10(16)11(7)17-5/h1-6H3. The third-order valence-corrected chi connectivity index (χ3v) is 2.58. The van der Waals surface area contributed by atoms with Crippen LogP contribution < -0.4 is 0 Å². The van der Waals surface area contributed by atoms with Gasteiger partial charge in [0.2, 0.25) is 11.6 Å². The Balaban J connectivity index is 3.48. The largest absolute Gasteiger partial charge is 0.491 e. The molecule has 0 aromatic rings. The van der Waals surface area contributed by atoms with Gasteiger partial charge in [0.1, 0.15) is 11.4 Å². The Labute approximate surface area is 106 Å². The van der Waals surface area contributed by atoms with E-state index in [9.17, 15) is 9.59 Å². The van der Waals surface area contributed by atoms with Crippen LogP contribution in [0.25, 0.3) is 0 Å². The fourth-order valence-electron chi connectivity index (χ4n) is 1.83. The first-order valence-corrected chi connectivity index (χ1v) is 5.37. The zero-order chi connectivity index (χ0) is 14.0. The van der Waals surface area contributed by atoms with Crippen molar-refractivity contribution in [2.45, 2.75) is 0 Å². The van der Waals surface area contributed by atoms with E-state index in [1.807, 2.05) is 0 Å². The molecule has 0 aliphatic heterocycles. The minimum atomic E-state index is -0.359. The Morgan fingerprint density at radius 2 is 1.00 bits per heavy atom. The van der Waals surface area contributed by atoms with Gasteiger partial charge in [-0.05, 0) is 0 Å². The van der Waals surface area contributed by atoms with Crippen LogP contribution in [0.3, 0.4) is 0 Å². The van der Waals surface area contributed by atoms with Crippen LogP contribution in [-0.2, 0) is 19.1 Å². The lowest BCUT2D eigenvalue weighted by Gasteiger charge is -2.28. The van der Waals surface area contributed by atoms with Crippen molar-refractivity contribution in [3.63, 3.8) is 0 Å². The lowest BCUT2D eigenvalue weighted by Crippen LogP contribution is -2.36. The summed E-state index contributed by atoms with van der Waals surface area (Å²) in [6, 6.07) is 0. The Hall–Kier alpha value is -1.98. The minimum Gasteiger partial charge on any atom is -0.491 e. The molecule has 0 aromatic heterocycles. The maximum absolute atomic E-state index is 12.3. The molecular formula is C12H18N2O4. The van der Waals surface area contributed by atoms with Crippen LogP contribution in [0, 0.1) is 0 Å². The highest BCUT2D eigenvalue weighted by Gasteiger charge is 2.38. The summed E-state index contributed by atoms with van der Waals surface area (Å²) in [5.74, 6) is -0.644. The van der Waals surface area contributed by atoms with Gasteiger partial charge in [0, 0.05) is 28.2 Å². The van der Waals surface area contributed by atoms with Crippen LogP contribution in [0.4, 0.5) is 0 Å². The number of ketones is 2. The van der Waals surface area contributed by atoms with E-state index in [2.05, 4.69) is 0 Å². The molecule has 18 heavy (non-hydrogen) atoms. The number of hydrogen-bond acceptors (Lipinski definition) is 6. The van der Waals surface area contributed by atoms with Gasteiger partial charge in [-0.2, -0.15) is 0 Å². The van der Waals surface area contributed by atoms with Crippen molar-refractivity contribution in [2.24, 2.45) is 0 Å². The van der Waals surface area contributed by atoms with E-state index in [0.29, 0.717) is 0 Å². The summed E-state index contributed by atoms with van der Waals surface area (Å²) in [7, 11) is 9.44. The Bertz CT molecular complexity index is 405. The lowest BCUT2D eigenvalue weighted by atomic mass is 10.0. The van der Waals surface area contributed by atoms with Crippen LogP contribution in [-0.4, -0.2) is 63.8 Å². The van der Waals surface area contributed by atoms with Crippen molar-refractivity contribution in [1.82, 2.24) is 9.80 Å². The molecular weight excluding hydrogens is 236 g/mol. The second kappa shape index (κ2) is 5.12. The molecule has 0 aromatic carbocycles. The van der Waals surface area contributed by atoms with Gasteiger partial charge in [0.25, 0.3) is 0 Å². The third kappa shape index (κ3) is 2.05. The van der Waals surface area contributed by atoms with Gasteiger partial charge in [0.15, 0.2) is 11.5 Å². The van der Waals surface area contributed by atoms with Gasteiger partial charge in [-0.1, -0.05) is 0 Å². The molecule has 0 N–H and O–H groups in total. The average Bonchev–Trinajstić information content (AvgIpc) is 2.29. The number of Topliss-reactive ketones (excluding diaryl/α,β-unsaturated/α-hetero) is 2. The summed E-state index contributed by atoms with van der Waals surface area (Å²) in [6.45, 7) is 0. The summed E-state index contributed by atoms with van der Waals surface area (Å²) in [6.07, 6.45) is 0. The average molecular weight is 254 g/mol. The molecule has 0 radical (unpaired) electrons. The molecule has 0 amide bonds. The van der Waals surface area contributed by atoms with Gasteiger partial charge in [-0.25, -0.2) is 0 Å². The first kappa shape index (κ1) is 14.1. The van der Waals surface area contributed by atoms with E-state index in [1.165, 1.54) is 14.2 Å². The molecule has 0 heterocycles. The topological polar surface area (TPSA) is 59.1 Å². The highest BCUT2D eigenvalue weighted by Crippen LogP contribution is 2.27. The molecule has 0 atom stereocenters. The smallest absolute Gasteiger partial charge is 0.249 e. The van der Waals surface area contributed by atoms with Crippen molar-refractivity contribution >= 4 is 11.6 Å². The summed E-state index contributed by atoms with van der Waals surface area (Å²) in [5, 5.41) is 0. The van der Waals surface area contributed by atoms with Gasteiger partial charge >= 0.3 is 0 Å². The SMILES string of the molecule is COC1=C(N(C)C)C(=O)C(OC)=C(N(C)C)C1=O. The van der Waals surface area contributed by atoms with Crippen molar-refractivity contribution in [3.05, 3.63) is 22.9 Å². The zero-order valence-electron chi connectivity index (χ0n) is 11.5. The normalized spacial score (nSPS) is 16.1. The minimum absolute atomic E-state index is 0.0366. The van der Waals surface area contributed by atoms with E-state index in [-0.39, 0.29) is 34.5 Å². The van der Waals surface area contributed by atoms with Gasteiger partial charge < -0.3 is 19.3 Å². The van der Waals surface area contributed by atoms with Gasteiger partial charge in [0.05, 0.1) is 14.2 Å². The van der Waals surface area contributed by atoms with Crippen LogP contribution in [0.5, 0.6) is 0 Å². The second-order valence-electron chi connectivity index (χ2n) is 4.21. The predicted octanol–water partition coefficient (Wildman–Crippen LogP) is -0.0226. The first-order chi connectivity index (χ1) is 8.36. The van der Waals surface area contributed by atoms with Crippen LogP contribution in [0.15, 0.2) is 22.9 Å². The molecule has 0 saturated carbocycles. The molecule has 1 aliphatic rings. The molecule has 0 fully saturated rings. The third-order valence-electron chi connectivity index (χ3n) is 2.58. The second-order valence-corrected chi connectivity index (χ2v) is 4.21. The molecule has 6 nitrogen and oxygen atoms in total. The summed E-state index contributed by atoms with van der Waals surface area (Å²) in [5.41, 5.74) is 0.398. The fraction of sp³-hybridized carbons (Fsp3) is 0.500. The van der Waals surface area contributed by atoms with E-state index in [4.69, 9.17) is 9.47 Å². The van der Waals surface area contributed by atoms with Crippen LogP contribution in [0.2, 0.25) is 0 Å². The molecule has 100 valence electrons. The highest BCUT2D eigenvalue weighted by atomic mass is 16.5. The van der Waals surface area contributed by atoms with Gasteiger partial charge in [-0.15, -0.1) is 0 Å². The Morgan fingerprint density at radius 3 is 1.17 bits per heavy atom. The number of nitrogens with zero attached hydrogens (tertiary/aromatic N) is 2. The highest BCUT2D eigenvalue weighted by molar-refractivity contribution is 6.23. The monoisotopic (exact) mass is 254 g/mol. The summed E-state index contributed by atoms with van der Waals surface area (Å²) in [4.78, 5) is 27.7. The van der Waals surface area contributed by atoms with Gasteiger partial charge in [-0.3, -0.25) is 9.59 Å². The molecule has 0 bridgehead atoms. The van der Waals surface area contributed by atoms with Crippen molar-refractivity contribution < 1.29 is 19.1 Å². The quantitative estimate of drug-likeness (QED) is 0.657. The molecule has 1 rings (SSSR count). The molecule has 1 aliphatic carbocycles. The molecule has 0 unspecified atom stereocenters. The number of rotatable bonds is 4. The van der Waals surface area contributed by atoms with E-state index >= 15 is 0 Å². The van der Waals surface area contributed by atoms with Crippen molar-refractivity contribution in [1.29, 1.82) is 0 Å². The van der Waals surface area contributed by atoms with E-state index in [0.717, 1.165) is 0 Å². The van der Waals surface area contributed by atoms with Crippen LogP contribution >= 0.6 is 0 Å². The number of carbonyl (C=O) groups is 2. The number of methoxy groups -OCH3 is 2. The van der Waals surface area contributed by atoms with E-state index in [1.54, 1.807) is 38.0 Å². The van der Waals surface area contributed by atoms with E-state index < -0.39 is 0 Å². The Morgan fingerprint density at radius 1 is 0.722 bits per heavy atom. The number of likely N-dealkylation sites (N-methyl/N-ethyl adjacent to an activating group) is 2. The predicted molar refractivity (Wildman–Crippen MR) is 65.5 cm³/mol.